The van der Waals surface area contributed by atoms with Crippen molar-refractivity contribution in [3.8, 4) is 22.5 Å². The largest absolute Gasteiger partial charge is 0.500 e. The number of rotatable bonds is 7. The van der Waals surface area contributed by atoms with Crippen LogP contribution >= 0.6 is 0 Å². The van der Waals surface area contributed by atoms with E-state index >= 15 is 0 Å². The van der Waals surface area contributed by atoms with Crippen LogP contribution in [-0.4, -0.2) is 19.9 Å². The first-order valence-electron chi connectivity index (χ1n) is 23.9. The third-order valence-corrected chi connectivity index (χ3v) is 11.8. The van der Waals surface area contributed by atoms with Crippen molar-refractivity contribution in [2.45, 2.75) is 151 Å². The molecule has 6 nitrogen and oxygen atoms in total. The van der Waals surface area contributed by atoms with Crippen LogP contribution < -0.4 is 0 Å². The van der Waals surface area contributed by atoms with E-state index in [0.717, 1.165) is 22.5 Å². The maximum Gasteiger partial charge on any atom is 0.200 e. The zero-order valence-corrected chi connectivity index (χ0v) is 42.8. The van der Waals surface area contributed by atoms with Crippen LogP contribution in [0.25, 0.3) is 55.6 Å². The first-order chi connectivity index (χ1) is 30.7. The number of aryl methyl sites for hydroxylation is 1. The van der Waals surface area contributed by atoms with Crippen LogP contribution in [0.15, 0.2) is 88.1 Å². The molecule has 64 heavy (non-hydrogen) atoms. The summed E-state index contributed by atoms with van der Waals surface area (Å²) in [5.41, 5.74) is 13.5. The standard InChI is InChI=1S/C42H50N3O2.C15H16N.Ir/c1-22(2)26-16-28(23(3)4)30(29(17-26)24(5)6)18-32-37-31(19-34-38(32)47-40(45-34)42(11,12)13)36-25(7)14-15-27(39(36)46-37)33-20-35(41(8,9)10)44-21-43-33;1-15(2,3)13-9-10-14(16-11-13)12-7-5-4-6-8-12;/h14,16-17,19-24H,18H2,1-13H3;4-7,9-11H,1-3H3;/q2*-1;/i7D3;;. The van der Waals surface area contributed by atoms with E-state index in [1.807, 2.05) is 42.6 Å². The molecule has 0 N–H and O–H groups in total. The van der Waals surface area contributed by atoms with Crippen molar-refractivity contribution in [3.05, 3.63) is 142 Å². The zero-order valence-electron chi connectivity index (χ0n) is 43.4. The van der Waals surface area contributed by atoms with E-state index in [4.69, 9.17) is 17.9 Å². The second kappa shape index (κ2) is 18.5. The number of aromatic nitrogens is 4. The molecule has 0 fully saturated rings. The van der Waals surface area contributed by atoms with Gasteiger partial charge < -0.3 is 13.8 Å². The van der Waals surface area contributed by atoms with Crippen LogP contribution in [0.2, 0.25) is 0 Å². The number of pyridine rings is 1. The smallest absolute Gasteiger partial charge is 0.200 e. The van der Waals surface area contributed by atoms with Crippen LogP contribution in [0.3, 0.4) is 0 Å². The minimum Gasteiger partial charge on any atom is -0.500 e. The summed E-state index contributed by atoms with van der Waals surface area (Å²) in [6.45, 7) is 30.2. The summed E-state index contributed by atoms with van der Waals surface area (Å²) >= 11 is 0. The topological polar surface area (TPSA) is 77.8 Å². The minimum atomic E-state index is -2.41. The number of nitrogens with zero attached hydrogens (tertiary/aromatic N) is 4. The van der Waals surface area contributed by atoms with Gasteiger partial charge in [-0.2, -0.15) is 0 Å². The van der Waals surface area contributed by atoms with Crippen molar-refractivity contribution >= 4 is 33.0 Å². The molecule has 0 atom stereocenters. The molecule has 0 saturated carbocycles. The van der Waals surface area contributed by atoms with E-state index in [0.29, 0.717) is 62.5 Å². The summed E-state index contributed by atoms with van der Waals surface area (Å²) in [7, 11) is 0. The average molecular weight is 1030 g/mol. The van der Waals surface area contributed by atoms with Crippen LogP contribution in [0, 0.1) is 19.0 Å². The first kappa shape index (κ1) is 44.2. The third-order valence-electron chi connectivity index (χ3n) is 11.8. The number of hydrogen-bond acceptors (Lipinski definition) is 6. The summed E-state index contributed by atoms with van der Waals surface area (Å²) in [6.07, 6.45) is 4.04. The van der Waals surface area contributed by atoms with E-state index in [1.54, 1.807) is 12.4 Å². The van der Waals surface area contributed by atoms with E-state index in [1.165, 1.54) is 27.8 Å². The first-order valence-corrected chi connectivity index (χ1v) is 22.4. The van der Waals surface area contributed by atoms with Gasteiger partial charge in [-0.05, 0) is 68.4 Å². The Balaban J connectivity index is 0.000000367. The van der Waals surface area contributed by atoms with Crippen LogP contribution in [0.5, 0.6) is 0 Å². The molecular weight excluding hydrogens is 965 g/mol. The summed E-state index contributed by atoms with van der Waals surface area (Å²) < 4.78 is 39.3. The summed E-state index contributed by atoms with van der Waals surface area (Å²) in [5.74, 6) is 1.57. The molecule has 7 heteroatoms. The fourth-order valence-corrected chi connectivity index (χ4v) is 8.03. The second-order valence-corrected chi connectivity index (χ2v) is 21.0. The molecule has 8 aromatic rings. The van der Waals surface area contributed by atoms with Gasteiger partial charge in [0.15, 0.2) is 5.58 Å². The number of oxazole rings is 1. The molecule has 0 spiro atoms. The molecule has 0 bridgehead atoms. The molecule has 8 rings (SSSR count). The monoisotopic (exact) mass is 1030 g/mol. The van der Waals surface area contributed by atoms with E-state index in [9.17, 15) is 0 Å². The van der Waals surface area contributed by atoms with Crippen LogP contribution in [0.4, 0.5) is 0 Å². The fraction of sp³-hybridized carbons (Fsp3) is 0.404. The number of furan rings is 1. The van der Waals surface area contributed by atoms with Crippen molar-refractivity contribution in [2.75, 3.05) is 0 Å². The molecule has 4 heterocycles. The van der Waals surface area contributed by atoms with Gasteiger partial charge in [-0.25, -0.2) is 9.97 Å². The normalized spacial score (nSPS) is 13.3. The Morgan fingerprint density at radius 1 is 0.672 bits per heavy atom. The van der Waals surface area contributed by atoms with Gasteiger partial charge in [0.25, 0.3) is 0 Å². The van der Waals surface area contributed by atoms with Gasteiger partial charge >= 0.3 is 0 Å². The van der Waals surface area contributed by atoms with Crippen molar-refractivity contribution in [1.82, 2.24) is 19.9 Å². The molecule has 0 aliphatic heterocycles. The maximum absolute atomic E-state index is 8.56. The Hall–Kier alpha value is -4.97. The van der Waals surface area contributed by atoms with Crippen molar-refractivity contribution in [1.29, 1.82) is 0 Å². The molecule has 0 aliphatic carbocycles. The van der Waals surface area contributed by atoms with Gasteiger partial charge in [-0.3, -0.25) is 4.98 Å². The fourth-order valence-electron chi connectivity index (χ4n) is 8.03. The van der Waals surface area contributed by atoms with Gasteiger partial charge in [-0.15, -0.1) is 53.6 Å². The number of benzene rings is 4. The Labute approximate surface area is 399 Å². The quantitative estimate of drug-likeness (QED) is 0.148. The molecule has 0 unspecified atom stereocenters. The van der Waals surface area contributed by atoms with Crippen molar-refractivity contribution < 1.29 is 33.1 Å². The summed E-state index contributed by atoms with van der Waals surface area (Å²) in [5, 5.41) is 1.22. The molecule has 1 radical (unpaired) electrons. The Morgan fingerprint density at radius 3 is 1.92 bits per heavy atom. The van der Waals surface area contributed by atoms with Crippen LogP contribution in [0.1, 0.15) is 176 Å². The maximum atomic E-state index is 8.56. The molecule has 4 aromatic carbocycles. The van der Waals surface area contributed by atoms with Crippen LogP contribution in [-0.2, 0) is 42.8 Å². The Bertz CT molecular complexity index is 2990. The predicted molar refractivity (Wildman–Crippen MR) is 262 cm³/mol. The van der Waals surface area contributed by atoms with E-state index < -0.39 is 6.85 Å². The van der Waals surface area contributed by atoms with Crippen molar-refractivity contribution in [2.24, 2.45) is 0 Å². The SMILES string of the molecule is CC(C)(C)c1ccc(-c2[c-]cccc2)nc1.[2H]C([2H])([2H])c1c[c-]c(-c2cc(C(C)(C)C)ncn2)c2oc3c(Cc4c(C(C)C)cc(C(C)C)cc4C(C)C)c4oc(C(C)(C)C)nc4cc3c12.[Ir]. The molecular formula is C57H66IrN4O2-2. The minimum absolute atomic E-state index is 0. The molecule has 0 saturated heterocycles. The van der Waals surface area contributed by atoms with E-state index in [-0.39, 0.29) is 53.7 Å². The predicted octanol–water partition coefficient (Wildman–Crippen LogP) is 15.7. The Morgan fingerprint density at radius 2 is 1.38 bits per heavy atom. The van der Waals surface area contributed by atoms with Gasteiger partial charge in [-0.1, -0.05) is 152 Å². The third kappa shape index (κ3) is 9.97. The summed E-state index contributed by atoms with van der Waals surface area (Å²) in [6, 6.07) is 28.7. The average Bonchev–Trinajstić information content (AvgIpc) is 3.85. The zero-order chi connectivity index (χ0) is 48.3. The number of hydrogen-bond donors (Lipinski definition) is 0. The molecule has 337 valence electrons. The molecule has 4 aromatic heterocycles. The van der Waals surface area contributed by atoms with Gasteiger partial charge in [0.05, 0.1) is 5.58 Å². The van der Waals surface area contributed by atoms with Gasteiger partial charge in [0, 0.05) is 64.3 Å². The molecule has 0 aliphatic rings. The van der Waals surface area contributed by atoms with Gasteiger partial charge in [0.2, 0.25) is 5.89 Å². The number of fused-ring (bicyclic) bond motifs is 4. The Kier molecular flexibility index (Phi) is 12.8. The molecule has 0 amide bonds. The second-order valence-electron chi connectivity index (χ2n) is 21.0. The van der Waals surface area contributed by atoms with Gasteiger partial charge in [0.1, 0.15) is 17.4 Å². The summed E-state index contributed by atoms with van der Waals surface area (Å²) in [4.78, 5) is 18.6. The van der Waals surface area contributed by atoms with Crippen molar-refractivity contribution in [3.63, 3.8) is 0 Å². The van der Waals surface area contributed by atoms with E-state index in [2.05, 4.69) is 155 Å².